The summed E-state index contributed by atoms with van der Waals surface area (Å²) < 4.78 is 10.4. The van der Waals surface area contributed by atoms with Crippen LogP contribution in [0.2, 0.25) is 0 Å². The van der Waals surface area contributed by atoms with Crippen LogP contribution in [0.1, 0.15) is 49.5 Å². The maximum absolute atomic E-state index is 11.9. The number of nitriles is 1. The van der Waals surface area contributed by atoms with Crippen LogP contribution in [-0.4, -0.2) is 24.1 Å². The highest BCUT2D eigenvalue weighted by Gasteiger charge is 2.21. The molecule has 1 aromatic carbocycles. The highest BCUT2D eigenvalue weighted by Crippen LogP contribution is 2.10. The molecular weight excluding hydrogens is 270 g/mol. The molecule has 0 radical (unpaired) electrons. The van der Waals surface area contributed by atoms with Gasteiger partial charge in [-0.15, -0.1) is 0 Å². The van der Waals surface area contributed by atoms with Gasteiger partial charge in [-0.1, -0.05) is 6.92 Å². The lowest BCUT2D eigenvalue weighted by Crippen LogP contribution is -2.30. The topological polar surface area (TPSA) is 76.4 Å². The number of rotatable bonds is 6. The fourth-order valence-corrected chi connectivity index (χ4v) is 1.58. The van der Waals surface area contributed by atoms with Gasteiger partial charge >= 0.3 is 11.9 Å². The minimum absolute atomic E-state index is 0.300. The molecule has 0 N–H and O–H groups in total. The van der Waals surface area contributed by atoms with Crippen molar-refractivity contribution in [2.24, 2.45) is 0 Å². The molecule has 1 aromatic rings. The van der Waals surface area contributed by atoms with Gasteiger partial charge in [0.1, 0.15) is 12.2 Å². The van der Waals surface area contributed by atoms with E-state index in [2.05, 4.69) is 0 Å². The predicted octanol–water partition coefficient (Wildman–Crippen LogP) is 2.84. The SMILES string of the molecule is CCCC(=O)OC(C)C(C)OC(=O)c1ccc(C#N)cc1. The molecule has 1 rings (SSSR count). The first-order valence-electron chi connectivity index (χ1n) is 6.88. The van der Waals surface area contributed by atoms with Crippen molar-refractivity contribution in [3.05, 3.63) is 35.4 Å². The maximum Gasteiger partial charge on any atom is 0.338 e. The summed E-state index contributed by atoms with van der Waals surface area (Å²) in [5.74, 6) is -0.809. The number of benzene rings is 1. The van der Waals surface area contributed by atoms with Crippen molar-refractivity contribution in [2.45, 2.75) is 45.8 Å². The molecule has 0 fully saturated rings. The van der Waals surface area contributed by atoms with Crippen molar-refractivity contribution in [1.82, 2.24) is 0 Å². The summed E-state index contributed by atoms with van der Waals surface area (Å²) in [7, 11) is 0. The third-order valence-electron chi connectivity index (χ3n) is 2.98. The van der Waals surface area contributed by atoms with Gasteiger partial charge in [0.25, 0.3) is 0 Å². The van der Waals surface area contributed by atoms with Crippen molar-refractivity contribution in [1.29, 1.82) is 5.26 Å². The van der Waals surface area contributed by atoms with Crippen LogP contribution in [0.25, 0.3) is 0 Å². The molecule has 0 saturated heterocycles. The molecule has 0 spiro atoms. The summed E-state index contributed by atoms with van der Waals surface area (Å²) in [5.41, 5.74) is 0.828. The van der Waals surface area contributed by atoms with Crippen molar-refractivity contribution in [3.8, 4) is 6.07 Å². The van der Waals surface area contributed by atoms with Crippen LogP contribution >= 0.6 is 0 Å². The molecule has 21 heavy (non-hydrogen) atoms. The van der Waals surface area contributed by atoms with E-state index in [0.717, 1.165) is 0 Å². The Hall–Kier alpha value is -2.35. The van der Waals surface area contributed by atoms with Gasteiger partial charge in [0, 0.05) is 6.42 Å². The lowest BCUT2D eigenvalue weighted by atomic mass is 10.1. The van der Waals surface area contributed by atoms with Crippen LogP contribution in [-0.2, 0) is 14.3 Å². The van der Waals surface area contributed by atoms with Gasteiger partial charge in [-0.3, -0.25) is 4.79 Å². The first-order chi connectivity index (χ1) is 9.97. The van der Waals surface area contributed by atoms with Crippen LogP contribution < -0.4 is 0 Å². The largest absolute Gasteiger partial charge is 0.459 e. The molecule has 0 aromatic heterocycles. The molecule has 0 saturated carbocycles. The second-order valence-corrected chi connectivity index (χ2v) is 4.74. The zero-order chi connectivity index (χ0) is 15.8. The Balaban J connectivity index is 2.56. The Labute approximate surface area is 124 Å². The quantitative estimate of drug-likeness (QED) is 0.753. The molecule has 5 heteroatoms. The van der Waals surface area contributed by atoms with Gasteiger partial charge in [0.05, 0.1) is 17.2 Å². The summed E-state index contributed by atoms with van der Waals surface area (Å²) in [6.45, 7) is 5.25. The molecule has 0 aliphatic rings. The van der Waals surface area contributed by atoms with Gasteiger partial charge in [-0.05, 0) is 44.5 Å². The number of esters is 2. The van der Waals surface area contributed by atoms with Gasteiger partial charge < -0.3 is 9.47 Å². The fraction of sp³-hybridized carbons (Fsp3) is 0.438. The van der Waals surface area contributed by atoms with Crippen LogP contribution in [0, 0.1) is 11.3 Å². The molecule has 2 unspecified atom stereocenters. The second-order valence-electron chi connectivity index (χ2n) is 4.74. The molecule has 0 aliphatic carbocycles. The zero-order valence-electron chi connectivity index (χ0n) is 12.5. The molecule has 5 nitrogen and oxygen atoms in total. The van der Waals surface area contributed by atoms with Crippen molar-refractivity contribution in [3.63, 3.8) is 0 Å². The molecule has 0 bridgehead atoms. The third-order valence-corrected chi connectivity index (χ3v) is 2.98. The summed E-state index contributed by atoms with van der Waals surface area (Å²) in [4.78, 5) is 23.3. The van der Waals surface area contributed by atoms with Gasteiger partial charge in [-0.25, -0.2) is 4.79 Å². The van der Waals surface area contributed by atoms with Crippen LogP contribution in [0.15, 0.2) is 24.3 Å². The first-order valence-corrected chi connectivity index (χ1v) is 6.88. The van der Waals surface area contributed by atoms with Crippen molar-refractivity contribution >= 4 is 11.9 Å². The Bertz CT molecular complexity index is 530. The second kappa shape index (κ2) is 8.05. The maximum atomic E-state index is 11.9. The summed E-state index contributed by atoms with van der Waals surface area (Å²) in [6, 6.07) is 8.13. The van der Waals surface area contributed by atoms with Crippen LogP contribution in [0.4, 0.5) is 0 Å². The Morgan fingerprint density at radius 1 is 1.14 bits per heavy atom. The Kier molecular flexibility index (Phi) is 6.41. The molecule has 112 valence electrons. The third kappa shape index (κ3) is 5.27. The molecule has 0 heterocycles. The highest BCUT2D eigenvalue weighted by atomic mass is 16.6. The van der Waals surface area contributed by atoms with E-state index in [4.69, 9.17) is 14.7 Å². The number of hydrogen-bond donors (Lipinski definition) is 0. The lowest BCUT2D eigenvalue weighted by Gasteiger charge is -2.20. The average Bonchev–Trinajstić information content (AvgIpc) is 2.47. The summed E-state index contributed by atoms with van der Waals surface area (Å²) in [5, 5.41) is 8.70. The number of carbonyl (C=O) groups excluding carboxylic acids is 2. The molecule has 2 atom stereocenters. The number of hydrogen-bond acceptors (Lipinski definition) is 5. The summed E-state index contributed by atoms with van der Waals surface area (Å²) in [6.07, 6.45) is 0.00585. The molecule has 0 amide bonds. The molecular formula is C16H19NO4. The minimum Gasteiger partial charge on any atom is -0.459 e. The standard InChI is InChI=1S/C16H19NO4/c1-4-5-15(18)20-11(2)12(3)21-16(19)14-8-6-13(10-17)7-9-14/h6-9,11-12H,4-5H2,1-3H3. The Morgan fingerprint density at radius 2 is 1.71 bits per heavy atom. The van der Waals surface area contributed by atoms with Gasteiger partial charge in [0.15, 0.2) is 0 Å². The van der Waals surface area contributed by atoms with E-state index < -0.39 is 18.2 Å². The average molecular weight is 289 g/mol. The van der Waals surface area contributed by atoms with E-state index >= 15 is 0 Å². The number of nitrogens with zero attached hydrogens (tertiary/aromatic N) is 1. The highest BCUT2D eigenvalue weighted by molar-refractivity contribution is 5.89. The smallest absolute Gasteiger partial charge is 0.338 e. The van der Waals surface area contributed by atoms with E-state index in [-0.39, 0.29) is 5.97 Å². The monoisotopic (exact) mass is 289 g/mol. The first kappa shape index (κ1) is 16.7. The van der Waals surface area contributed by atoms with E-state index in [1.165, 1.54) is 12.1 Å². The van der Waals surface area contributed by atoms with Gasteiger partial charge in [-0.2, -0.15) is 5.26 Å². The summed E-state index contributed by atoms with van der Waals surface area (Å²) >= 11 is 0. The Morgan fingerprint density at radius 3 is 2.24 bits per heavy atom. The van der Waals surface area contributed by atoms with Crippen LogP contribution in [0.3, 0.4) is 0 Å². The fourth-order valence-electron chi connectivity index (χ4n) is 1.58. The predicted molar refractivity (Wildman–Crippen MR) is 76.5 cm³/mol. The lowest BCUT2D eigenvalue weighted by molar-refractivity contribution is -0.153. The normalized spacial score (nSPS) is 12.9. The van der Waals surface area contributed by atoms with Gasteiger partial charge in [0.2, 0.25) is 0 Å². The number of ether oxygens (including phenoxy) is 2. The van der Waals surface area contributed by atoms with E-state index in [1.54, 1.807) is 26.0 Å². The minimum atomic E-state index is -0.547. The van der Waals surface area contributed by atoms with Crippen molar-refractivity contribution in [2.75, 3.05) is 0 Å². The van der Waals surface area contributed by atoms with E-state index in [1.807, 2.05) is 13.0 Å². The van der Waals surface area contributed by atoms with Crippen molar-refractivity contribution < 1.29 is 19.1 Å². The number of carbonyl (C=O) groups is 2. The molecule has 0 aliphatic heterocycles. The van der Waals surface area contributed by atoms with E-state index in [9.17, 15) is 9.59 Å². The zero-order valence-corrected chi connectivity index (χ0v) is 12.5. The van der Waals surface area contributed by atoms with Crippen LogP contribution in [0.5, 0.6) is 0 Å². The van der Waals surface area contributed by atoms with E-state index in [0.29, 0.717) is 24.0 Å².